The van der Waals surface area contributed by atoms with E-state index in [1.165, 1.54) is 17.2 Å². The highest BCUT2D eigenvalue weighted by Gasteiger charge is 2.16. The van der Waals surface area contributed by atoms with Gasteiger partial charge in [0.25, 0.3) is 5.91 Å². The Kier molecular flexibility index (Phi) is 5.49. The van der Waals surface area contributed by atoms with E-state index in [-0.39, 0.29) is 11.5 Å². The Labute approximate surface area is 148 Å². The number of hydrogen-bond acceptors (Lipinski definition) is 2. The molecule has 25 heavy (non-hydrogen) atoms. The quantitative estimate of drug-likeness (QED) is 0.868. The predicted molar refractivity (Wildman–Crippen MR) is 99.2 cm³/mol. The maximum atomic E-state index is 14.4. The van der Waals surface area contributed by atoms with Crippen LogP contribution in [0.1, 0.15) is 34.3 Å². The van der Waals surface area contributed by atoms with Crippen LogP contribution in [0.4, 0.5) is 4.39 Å². The van der Waals surface area contributed by atoms with E-state index in [0.29, 0.717) is 12.5 Å². The molecule has 1 heterocycles. The molecule has 1 aliphatic rings. The summed E-state index contributed by atoms with van der Waals surface area (Å²) in [4.78, 5) is 12.2. The Balaban J connectivity index is 1.66. The first-order valence-corrected chi connectivity index (χ1v) is 8.90. The van der Waals surface area contributed by atoms with E-state index >= 15 is 0 Å². The molecule has 2 aromatic carbocycles. The van der Waals surface area contributed by atoms with E-state index in [2.05, 4.69) is 17.6 Å². The molecule has 1 unspecified atom stereocenters. The summed E-state index contributed by atoms with van der Waals surface area (Å²) in [5, 5.41) is 6.14. The fourth-order valence-corrected chi connectivity index (χ4v) is 3.25. The van der Waals surface area contributed by atoms with Gasteiger partial charge in [0.2, 0.25) is 0 Å². The molecular formula is C21H25FN2O. The second kappa shape index (κ2) is 7.79. The number of halogens is 1. The average molecular weight is 340 g/mol. The van der Waals surface area contributed by atoms with Crippen LogP contribution in [0.25, 0.3) is 11.1 Å². The summed E-state index contributed by atoms with van der Waals surface area (Å²) in [5.74, 6) is -0.205. The molecule has 2 N–H and O–H groups in total. The number of hydrogen-bond donors (Lipinski definition) is 2. The highest BCUT2D eigenvalue weighted by atomic mass is 19.1. The van der Waals surface area contributed by atoms with E-state index in [9.17, 15) is 9.18 Å². The van der Waals surface area contributed by atoms with E-state index in [1.54, 1.807) is 6.07 Å². The van der Waals surface area contributed by atoms with Crippen molar-refractivity contribution in [1.82, 2.24) is 10.6 Å². The lowest BCUT2D eigenvalue weighted by atomic mass is 9.99. The second-order valence-corrected chi connectivity index (χ2v) is 6.90. The van der Waals surface area contributed by atoms with Gasteiger partial charge in [0.05, 0.1) is 5.56 Å². The summed E-state index contributed by atoms with van der Waals surface area (Å²) in [6.45, 7) is 6.73. The highest BCUT2D eigenvalue weighted by molar-refractivity contribution is 5.95. The van der Waals surface area contributed by atoms with Crippen LogP contribution in [0.2, 0.25) is 0 Å². The fraction of sp³-hybridized carbons (Fsp3) is 0.381. The first-order chi connectivity index (χ1) is 12.0. The van der Waals surface area contributed by atoms with Crippen LogP contribution in [0, 0.1) is 25.6 Å². The van der Waals surface area contributed by atoms with Crippen LogP contribution >= 0.6 is 0 Å². The third kappa shape index (κ3) is 4.26. The van der Waals surface area contributed by atoms with Crippen molar-refractivity contribution >= 4 is 5.91 Å². The maximum Gasteiger partial charge on any atom is 0.254 e. The molecule has 1 amide bonds. The van der Waals surface area contributed by atoms with E-state index < -0.39 is 5.82 Å². The van der Waals surface area contributed by atoms with Crippen LogP contribution in [-0.2, 0) is 0 Å². The normalized spacial score (nSPS) is 16.8. The summed E-state index contributed by atoms with van der Waals surface area (Å²) in [6.07, 6.45) is 2.08. The number of carbonyl (C=O) groups excluding carboxylic acids is 1. The Morgan fingerprint density at radius 1 is 1.16 bits per heavy atom. The SMILES string of the molecule is Cc1ccc(-c2ccc(C(=O)NCCC3CCNC3)c(F)c2)cc1C. The minimum atomic E-state index is -0.476. The molecule has 1 fully saturated rings. The number of amides is 1. The monoisotopic (exact) mass is 340 g/mol. The zero-order chi connectivity index (χ0) is 17.8. The van der Waals surface area contributed by atoms with Crippen molar-refractivity contribution in [2.75, 3.05) is 19.6 Å². The standard InChI is InChI=1S/C21H25FN2O/c1-14-3-4-17(11-15(14)2)18-5-6-19(20(22)12-18)21(25)24-10-8-16-7-9-23-13-16/h3-6,11-12,16,23H,7-10,13H2,1-2H3,(H,24,25). The lowest BCUT2D eigenvalue weighted by Gasteiger charge is -2.11. The van der Waals surface area contributed by atoms with Gasteiger partial charge in [-0.1, -0.05) is 24.3 Å². The topological polar surface area (TPSA) is 41.1 Å². The van der Waals surface area contributed by atoms with Crippen molar-refractivity contribution in [3.05, 3.63) is 58.9 Å². The van der Waals surface area contributed by atoms with Gasteiger partial charge < -0.3 is 10.6 Å². The molecule has 0 radical (unpaired) electrons. The number of nitrogens with one attached hydrogen (secondary N) is 2. The van der Waals surface area contributed by atoms with Crippen molar-refractivity contribution in [3.8, 4) is 11.1 Å². The molecule has 0 saturated carbocycles. The average Bonchev–Trinajstić information content (AvgIpc) is 3.10. The molecule has 4 heteroatoms. The summed E-state index contributed by atoms with van der Waals surface area (Å²) in [6, 6.07) is 10.9. The number of carbonyl (C=O) groups is 1. The predicted octanol–water partition coefficient (Wildman–Crippen LogP) is 3.84. The van der Waals surface area contributed by atoms with E-state index in [1.807, 2.05) is 31.2 Å². The van der Waals surface area contributed by atoms with Gasteiger partial charge in [0, 0.05) is 6.54 Å². The summed E-state index contributed by atoms with van der Waals surface area (Å²) < 4.78 is 14.4. The smallest absolute Gasteiger partial charge is 0.254 e. The third-order valence-electron chi connectivity index (χ3n) is 5.05. The van der Waals surface area contributed by atoms with Crippen LogP contribution in [0.5, 0.6) is 0 Å². The number of rotatable bonds is 5. The maximum absolute atomic E-state index is 14.4. The fourth-order valence-electron chi connectivity index (χ4n) is 3.25. The van der Waals surface area contributed by atoms with Crippen LogP contribution in [0.3, 0.4) is 0 Å². The lowest BCUT2D eigenvalue weighted by Crippen LogP contribution is -2.27. The Morgan fingerprint density at radius 3 is 2.60 bits per heavy atom. The lowest BCUT2D eigenvalue weighted by molar-refractivity contribution is 0.0947. The number of aryl methyl sites for hydroxylation is 2. The van der Waals surface area contributed by atoms with Crippen LogP contribution in [-0.4, -0.2) is 25.5 Å². The first kappa shape index (κ1) is 17.6. The van der Waals surface area contributed by atoms with Gasteiger partial charge in [-0.15, -0.1) is 0 Å². The Morgan fingerprint density at radius 2 is 1.92 bits per heavy atom. The molecule has 0 aromatic heterocycles. The van der Waals surface area contributed by atoms with Gasteiger partial charge in [-0.2, -0.15) is 0 Å². The Bertz CT molecular complexity index is 766. The number of benzene rings is 2. The zero-order valence-electron chi connectivity index (χ0n) is 14.9. The van der Waals surface area contributed by atoms with Gasteiger partial charge in [-0.25, -0.2) is 4.39 Å². The van der Waals surface area contributed by atoms with Gasteiger partial charge in [0.15, 0.2) is 0 Å². The summed E-state index contributed by atoms with van der Waals surface area (Å²) >= 11 is 0. The van der Waals surface area contributed by atoms with Crippen molar-refractivity contribution in [2.24, 2.45) is 5.92 Å². The molecule has 1 aliphatic heterocycles. The van der Waals surface area contributed by atoms with Crippen LogP contribution in [0.15, 0.2) is 36.4 Å². The molecule has 0 spiro atoms. The molecule has 0 aliphatic carbocycles. The minimum absolute atomic E-state index is 0.108. The van der Waals surface area contributed by atoms with Gasteiger partial charge in [0.1, 0.15) is 5.82 Å². The highest BCUT2D eigenvalue weighted by Crippen LogP contribution is 2.24. The molecule has 3 rings (SSSR count). The third-order valence-corrected chi connectivity index (χ3v) is 5.05. The zero-order valence-corrected chi connectivity index (χ0v) is 14.9. The molecule has 1 atom stereocenters. The van der Waals surface area contributed by atoms with Gasteiger partial charge >= 0.3 is 0 Å². The largest absolute Gasteiger partial charge is 0.352 e. The molecule has 0 bridgehead atoms. The minimum Gasteiger partial charge on any atom is -0.352 e. The van der Waals surface area contributed by atoms with E-state index in [0.717, 1.165) is 37.1 Å². The first-order valence-electron chi connectivity index (χ1n) is 8.90. The van der Waals surface area contributed by atoms with Crippen molar-refractivity contribution in [1.29, 1.82) is 0 Å². The van der Waals surface area contributed by atoms with Crippen molar-refractivity contribution in [3.63, 3.8) is 0 Å². The van der Waals surface area contributed by atoms with Crippen LogP contribution < -0.4 is 10.6 Å². The van der Waals surface area contributed by atoms with Gasteiger partial charge in [-0.3, -0.25) is 4.79 Å². The summed E-state index contributed by atoms with van der Waals surface area (Å²) in [5.41, 5.74) is 4.23. The Hall–Kier alpha value is -2.20. The molecule has 1 saturated heterocycles. The van der Waals surface area contributed by atoms with E-state index in [4.69, 9.17) is 0 Å². The molecule has 132 valence electrons. The van der Waals surface area contributed by atoms with Crippen molar-refractivity contribution < 1.29 is 9.18 Å². The molecular weight excluding hydrogens is 315 g/mol. The molecule has 3 nitrogen and oxygen atoms in total. The molecule has 2 aromatic rings. The second-order valence-electron chi connectivity index (χ2n) is 6.90. The van der Waals surface area contributed by atoms with Gasteiger partial charge in [-0.05, 0) is 80.1 Å². The summed E-state index contributed by atoms with van der Waals surface area (Å²) in [7, 11) is 0. The van der Waals surface area contributed by atoms with Crippen molar-refractivity contribution in [2.45, 2.75) is 26.7 Å².